The monoisotopic (exact) mass is 208 g/mol. The molecule has 0 aromatic carbocycles. The van der Waals surface area contributed by atoms with Crippen molar-refractivity contribution >= 4 is 0 Å². The first-order chi connectivity index (χ1) is 7.31. The fourth-order valence-electron chi connectivity index (χ4n) is 1.22. The van der Waals surface area contributed by atoms with Gasteiger partial charge in [0.1, 0.15) is 0 Å². The minimum Gasteiger partial charge on any atom is -0.339 e. The molecular formula is C8H12N6O. The van der Waals surface area contributed by atoms with Crippen molar-refractivity contribution in [1.82, 2.24) is 25.6 Å². The lowest BCUT2D eigenvalue weighted by molar-refractivity contribution is 0.355. The van der Waals surface area contributed by atoms with E-state index < -0.39 is 0 Å². The van der Waals surface area contributed by atoms with Crippen LogP contribution in [-0.2, 0) is 0 Å². The molecule has 0 spiro atoms. The molecule has 2 rings (SSSR count). The number of H-pyrrole nitrogens is 1. The van der Waals surface area contributed by atoms with E-state index in [0.717, 1.165) is 6.42 Å². The third-order valence-electron chi connectivity index (χ3n) is 2.11. The number of nitrogens with two attached hydrogens (primary N) is 1. The van der Waals surface area contributed by atoms with Crippen molar-refractivity contribution in [2.75, 3.05) is 6.54 Å². The van der Waals surface area contributed by atoms with Crippen molar-refractivity contribution in [3.05, 3.63) is 12.1 Å². The van der Waals surface area contributed by atoms with Gasteiger partial charge in [0.25, 0.3) is 0 Å². The van der Waals surface area contributed by atoms with Gasteiger partial charge < -0.3 is 10.3 Å². The Morgan fingerprint density at radius 1 is 1.60 bits per heavy atom. The van der Waals surface area contributed by atoms with Crippen molar-refractivity contribution in [2.45, 2.75) is 19.3 Å². The van der Waals surface area contributed by atoms with Crippen LogP contribution >= 0.6 is 0 Å². The van der Waals surface area contributed by atoms with Gasteiger partial charge in [-0.3, -0.25) is 0 Å². The van der Waals surface area contributed by atoms with Crippen LogP contribution in [0.3, 0.4) is 0 Å². The second kappa shape index (κ2) is 4.18. The lowest BCUT2D eigenvalue weighted by Gasteiger charge is -2.01. The lowest BCUT2D eigenvalue weighted by atomic mass is 10.1. The van der Waals surface area contributed by atoms with E-state index in [1.807, 2.05) is 6.92 Å². The van der Waals surface area contributed by atoms with Crippen molar-refractivity contribution in [3.8, 4) is 11.5 Å². The van der Waals surface area contributed by atoms with Crippen molar-refractivity contribution in [1.29, 1.82) is 0 Å². The van der Waals surface area contributed by atoms with Crippen LogP contribution in [0.1, 0.15) is 25.2 Å². The molecule has 2 aromatic rings. The van der Waals surface area contributed by atoms with Crippen molar-refractivity contribution < 1.29 is 4.52 Å². The van der Waals surface area contributed by atoms with Gasteiger partial charge in [0, 0.05) is 5.92 Å². The molecule has 0 aliphatic carbocycles. The summed E-state index contributed by atoms with van der Waals surface area (Å²) in [4.78, 5) is 4.22. The maximum Gasteiger partial charge on any atom is 0.229 e. The molecule has 15 heavy (non-hydrogen) atoms. The summed E-state index contributed by atoms with van der Waals surface area (Å²) in [5, 5.41) is 13.8. The van der Waals surface area contributed by atoms with Crippen LogP contribution in [0.25, 0.3) is 11.5 Å². The van der Waals surface area contributed by atoms with Crippen LogP contribution < -0.4 is 5.73 Å². The highest BCUT2D eigenvalue weighted by Gasteiger charge is 2.15. The average Bonchev–Trinajstić information content (AvgIpc) is 2.89. The largest absolute Gasteiger partial charge is 0.339 e. The first-order valence-corrected chi connectivity index (χ1v) is 4.71. The lowest BCUT2D eigenvalue weighted by Crippen LogP contribution is -2.04. The SMILES string of the molecule is CC(CCN)c1nc(-c2cn[nH]n2)no1. The number of nitrogens with one attached hydrogen (secondary N) is 1. The molecule has 0 saturated carbocycles. The second-order valence-electron chi connectivity index (χ2n) is 3.29. The summed E-state index contributed by atoms with van der Waals surface area (Å²) in [7, 11) is 0. The molecule has 1 atom stereocenters. The Hall–Kier alpha value is -1.76. The van der Waals surface area contributed by atoms with E-state index in [4.69, 9.17) is 10.3 Å². The Kier molecular flexibility index (Phi) is 2.72. The number of hydrogen-bond donors (Lipinski definition) is 2. The minimum absolute atomic E-state index is 0.170. The van der Waals surface area contributed by atoms with Gasteiger partial charge in [0.2, 0.25) is 11.7 Å². The molecule has 0 amide bonds. The first-order valence-electron chi connectivity index (χ1n) is 4.71. The van der Waals surface area contributed by atoms with Crippen LogP contribution in [0.5, 0.6) is 0 Å². The van der Waals surface area contributed by atoms with E-state index >= 15 is 0 Å². The fourth-order valence-corrected chi connectivity index (χ4v) is 1.22. The smallest absolute Gasteiger partial charge is 0.229 e. The maximum absolute atomic E-state index is 5.45. The zero-order chi connectivity index (χ0) is 10.7. The zero-order valence-electron chi connectivity index (χ0n) is 8.34. The molecule has 2 heterocycles. The average molecular weight is 208 g/mol. The molecule has 7 heteroatoms. The third-order valence-corrected chi connectivity index (χ3v) is 2.11. The maximum atomic E-state index is 5.45. The minimum atomic E-state index is 0.170. The molecule has 0 saturated heterocycles. The highest BCUT2D eigenvalue weighted by Crippen LogP contribution is 2.19. The molecule has 0 aliphatic rings. The molecule has 0 radical (unpaired) electrons. The topological polar surface area (TPSA) is 107 Å². The predicted molar refractivity (Wildman–Crippen MR) is 51.8 cm³/mol. The highest BCUT2D eigenvalue weighted by molar-refractivity contribution is 5.44. The molecule has 0 fully saturated rings. The van der Waals surface area contributed by atoms with Crippen LogP contribution in [0.4, 0.5) is 0 Å². The number of aromatic nitrogens is 5. The zero-order valence-corrected chi connectivity index (χ0v) is 8.34. The molecule has 1 unspecified atom stereocenters. The Morgan fingerprint density at radius 2 is 2.47 bits per heavy atom. The summed E-state index contributed by atoms with van der Waals surface area (Å²) >= 11 is 0. The van der Waals surface area contributed by atoms with E-state index in [0.29, 0.717) is 24.0 Å². The molecule has 2 aromatic heterocycles. The molecule has 0 bridgehead atoms. The van der Waals surface area contributed by atoms with Gasteiger partial charge in [-0.25, -0.2) is 0 Å². The standard InChI is InChI=1S/C8H12N6O/c1-5(2-3-9)8-11-7(13-15-8)6-4-10-14-12-6/h4-5H,2-3,9H2,1H3,(H,10,12,14). The summed E-state index contributed by atoms with van der Waals surface area (Å²) in [5.41, 5.74) is 6.02. The normalized spacial score (nSPS) is 12.9. The van der Waals surface area contributed by atoms with Crippen molar-refractivity contribution in [2.24, 2.45) is 5.73 Å². The Bertz CT molecular complexity index is 408. The van der Waals surface area contributed by atoms with Crippen LogP contribution in [0.2, 0.25) is 0 Å². The van der Waals surface area contributed by atoms with Crippen LogP contribution in [-0.4, -0.2) is 32.1 Å². The summed E-state index contributed by atoms with van der Waals surface area (Å²) in [5.74, 6) is 1.20. The Labute approximate surface area is 86.1 Å². The molecular weight excluding hydrogens is 196 g/mol. The molecule has 0 aliphatic heterocycles. The Balaban J connectivity index is 2.17. The number of aromatic amines is 1. The number of hydrogen-bond acceptors (Lipinski definition) is 6. The molecule has 7 nitrogen and oxygen atoms in total. The second-order valence-corrected chi connectivity index (χ2v) is 3.29. The van der Waals surface area contributed by atoms with Gasteiger partial charge in [-0.2, -0.15) is 20.4 Å². The fraction of sp³-hybridized carbons (Fsp3) is 0.500. The summed E-state index contributed by atoms with van der Waals surface area (Å²) in [6.07, 6.45) is 2.36. The number of rotatable bonds is 4. The van der Waals surface area contributed by atoms with Gasteiger partial charge in [-0.15, -0.1) is 0 Å². The summed E-state index contributed by atoms with van der Waals surface area (Å²) in [6.45, 7) is 2.59. The van der Waals surface area contributed by atoms with Crippen molar-refractivity contribution in [3.63, 3.8) is 0 Å². The van der Waals surface area contributed by atoms with Gasteiger partial charge in [-0.05, 0) is 13.0 Å². The quantitative estimate of drug-likeness (QED) is 0.748. The molecule has 80 valence electrons. The van der Waals surface area contributed by atoms with Gasteiger partial charge in [-0.1, -0.05) is 12.1 Å². The highest BCUT2D eigenvalue weighted by atomic mass is 16.5. The van der Waals surface area contributed by atoms with Gasteiger partial charge in [0.05, 0.1) is 6.20 Å². The van der Waals surface area contributed by atoms with Gasteiger partial charge >= 0.3 is 0 Å². The predicted octanol–water partition coefficient (Wildman–Crippen LogP) is 0.307. The third kappa shape index (κ3) is 2.01. The summed E-state index contributed by atoms with van der Waals surface area (Å²) < 4.78 is 5.10. The van der Waals surface area contributed by atoms with E-state index in [2.05, 4.69) is 25.6 Å². The Morgan fingerprint density at radius 3 is 3.13 bits per heavy atom. The van der Waals surface area contributed by atoms with Crippen LogP contribution in [0.15, 0.2) is 10.7 Å². The number of nitrogens with zero attached hydrogens (tertiary/aromatic N) is 4. The first kappa shape index (κ1) is 9.78. The van der Waals surface area contributed by atoms with Gasteiger partial charge in [0.15, 0.2) is 5.69 Å². The molecule has 3 N–H and O–H groups in total. The van der Waals surface area contributed by atoms with E-state index in [1.54, 1.807) is 6.20 Å². The van der Waals surface area contributed by atoms with E-state index in [9.17, 15) is 0 Å². The van der Waals surface area contributed by atoms with Crippen LogP contribution in [0, 0.1) is 0 Å². The van der Waals surface area contributed by atoms with E-state index in [-0.39, 0.29) is 5.92 Å². The summed E-state index contributed by atoms with van der Waals surface area (Å²) in [6, 6.07) is 0. The van der Waals surface area contributed by atoms with E-state index in [1.165, 1.54) is 0 Å².